The maximum Gasteiger partial charge on any atom is 0.226 e. The molecule has 0 fully saturated rings. The van der Waals surface area contributed by atoms with E-state index >= 15 is 0 Å². The molecule has 5 nitrogen and oxygen atoms in total. The number of aromatic nitrogens is 2. The molecule has 1 aromatic heterocycles. The monoisotopic (exact) mass is 256 g/mol. The van der Waals surface area contributed by atoms with Crippen LogP contribution in [0.15, 0.2) is 0 Å². The van der Waals surface area contributed by atoms with Crippen LogP contribution in [0.3, 0.4) is 0 Å². The summed E-state index contributed by atoms with van der Waals surface area (Å²) in [7, 11) is 0. The minimum absolute atomic E-state index is 0.0461. The molecule has 1 unspecified atom stereocenters. The Hall–Kier alpha value is -1.01. The van der Waals surface area contributed by atoms with Crippen molar-refractivity contribution in [3.8, 4) is 0 Å². The predicted octanol–water partition coefficient (Wildman–Crippen LogP) is 1.66. The summed E-state index contributed by atoms with van der Waals surface area (Å²) in [6, 6.07) is 0. The van der Waals surface area contributed by atoms with Crippen LogP contribution in [0.5, 0.6) is 0 Å². The third-order valence-corrected chi connectivity index (χ3v) is 3.09. The number of carbonyl (C=O) groups excluding carboxylic acids is 1. The average Bonchev–Trinajstić information content (AvgIpc) is 2.63. The van der Waals surface area contributed by atoms with Gasteiger partial charge < -0.3 is 11.1 Å². The number of hydrogen-bond acceptors (Lipinski definition) is 5. The van der Waals surface area contributed by atoms with Crippen LogP contribution in [0.1, 0.15) is 32.2 Å². The minimum atomic E-state index is -0.0461. The topological polar surface area (TPSA) is 80.9 Å². The van der Waals surface area contributed by atoms with E-state index in [1.807, 2.05) is 6.92 Å². The van der Waals surface area contributed by atoms with Gasteiger partial charge in [0.05, 0.1) is 0 Å². The molecule has 0 spiro atoms. The van der Waals surface area contributed by atoms with Crippen molar-refractivity contribution in [2.75, 3.05) is 11.9 Å². The molecule has 0 aliphatic heterocycles. The van der Waals surface area contributed by atoms with Gasteiger partial charge in [-0.15, -0.1) is 10.2 Å². The third-order valence-electron chi connectivity index (χ3n) is 2.23. The molecule has 96 valence electrons. The number of hydrogen-bond donors (Lipinski definition) is 2. The van der Waals surface area contributed by atoms with Gasteiger partial charge in [0.25, 0.3) is 0 Å². The molecule has 1 rings (SSSR count). The Balaban J connectivity index is 2.46. The molecule has 0 saturated heterocycles. The lowest BCUT2D eigenvalue weighted by Crippen LogP contribution is -2.19. The van der Waals surface area contributed by atoms with Crippen molar-refractivity contribution in [2.24, 2.45) is 17.6 Å². The lowest BCUT2D eigenvalue weighted by atomic mass is 10.1. The molecule has 17 heavy (non-hydrogen) atoms. The predicted molar refractivity (Wildman–Crippen MR) is 69.9 cm³/mol. The molecule has 1 atom stereocenters. The molecule has 1 heterocycles. The quantitative estimate of drug-likeness (QED) is 0.811. The molecule has 0 aliphatic carbocycles. The standard InChI is InChI=1S/C11H20N4OS/c1-7(2)4-10-14-15-11(17-10)13-9(16)5-8(3)6-12/h7-8H,4-6,12H2,1-3H3,(H,13,15,16). The number of rotatable bonds is 6. The Kier molecular flexibility index (Phi) is 5.50. The van der Waals surface area contributed by atoms with E-state index in [-0.39, 0.29) is 11.8 Å². The highest BCUT2D eigenvalue weighted by molar-refractivity contribution is 7.15. The first-order chi connectivity index (χ1) is 8.01. The van der Waals surface area contributed by atoms with Crippen molar-refractivity contribution >= 4 is 22.4 Å². The van der Waals surface area contributed by atoms with Crippen LogP contribution in [0, 0.1) is 11.8 Å². The van der Waals surface area contributed by atoms with Gasteiger partial charge in [-0.25, -0.2) is 0 Å². The van der Waals surface area contributed by atoms with Crippen LogP contribution in [0.25, 0.3) is 0 Å². The summed E-state index contributed by atoms with van der Waals surface area (Å²) in [4.78, 5) is 11.6. The van der Waals surface area contributed by atoms with Crippen LogP contribution in [-0.4, -0.2) is 22.6 Å². The van der Waals surface area contributed by atoms with E-state index < -0.39 is 0 Å². The van der Waals surface area contributed by atoms with E-state index in [4.69, 9.17) is 5.73 Å². The minimum Gasteiger partial charge on any atom is -0.330 e. The van der Waals surface area contributed by atoms with Gasteiger partial charge in [-0.05, 0) is 18.4 Å². The van der Waals surface area contributed by atoms with Gasteiger partial charge in [-0.3, -0.25) is 4.79 Å². The molecule has 3 N–H and O–H groups in total. The fourth-order valence-corrected chi connectivity index (χ4v) is 2.27. The van der Waals surface area contributed by atoms with Gasteiger partial charge in [0, 0.05) is 12.8 Å². The summed E-state index contributed by atoms with van der Waals surface area (Å²) >= 11 is 1.44. The van der Waals surface area contributed by atoms with Gasteiger partial charge >= 0.3 is 0 Å². The fourth-order valence-electron chi connectivity index (χ4n) is 1.31. The zero-order chi connectivity index (χ0) is 12.8. The molecule has 1 aromatic rings. The summed E-state index contributed by atoms with van der Waals surface area (Å²) < 4.78 is 0. The molecule has 0 saturated carbocycles. The number of carbonyl (C=O) groups is 1. The second kappa shape index (κ2) is 6.66. The van der Waals surface area contributed by atoms with Crippen molar-refractivity contribution < 1.29 is 4.79 Å². The normalized spacial score (nSPS) is 12.8. The lowest BCUT2D eigenvalue weighted by molar-refractivity contribution is -0.116. The molecule has 0 radical (unpaired) electrons. The summed E-state index contributed by atoms with van der Waals surface area (Å²) in [5, 5.41) is 12.3. The molecule has 0 aliphatic rings. The summed E-state index contributed by atoms with van der Waals surface area (Å²) in [5.74, 6) is 0.692. The third kappa shape index (κ3) is 5.23. The lowest BCUT2D eigenvalue weighted by Gasteiger charge is -2.06. The maximum absolute atomic E-state index is 11.6. The first-order valence-corrected chi connectivity index (χ1v) is 6.65. The summed E-state index contributed by atoms with van der Waals surface area (Å²) in [5.41, 5.74) is 5.47. The zero-order valence-corrected chi connectivity index (χ0v) is 11.4. The molecule has 0 aromatic carbocycles. The van der Waals surface area contributed by atoms with Crippen LogP contribution in [0.4, 0.5) is 5.13 Å². The first kappa shape index (κ1) is 14.1. The van der Waals surface area contributed by atoms with Gasteiger partial charge in [-0.2, -0.15) is 0 Å². The molecular formula is C11H20N4OS. The zero-order valence-electron chi connectivity index (χ0n) is 10.6. The van der Waals surface area contributed by atoms with Gasteiger partial charge in [0.1, 0.15) is 5.01 Å². The summed E-state index contributed by atoms with van der Waals surface area (Å²) in [6.07, 6.45) is 1.32. The average molecular weight is 256 g/mol. The van der Waals surface area contributed by atoms with Gasteiger partial charge in [-0.1, -0.05) is 32.1 Å². The Morgan fingerprint density at radius 2 is 2.12 bits per heavy atom. The van der Waals surface area contributed by atoms with Crippen LogP contribution >= 0.6 is 11.3 Å². The number of nitrogens with two attached hydrogens (primary N) is 1. The van der Waals surface area contributed by atoms with E-state index in [0.29, 0.717) is 24.0 Å². The van der Waals surface area contributed by atoms with Crippen molar-refractivity contribution in [3.05, 3.63) is 5.01 Å². The smallest absolute Gasteiger partial charge is 0.226 e. The Morgan fingerprint density at radius 3 is 2.71 bits per heavy atom. The fraction of sp³-hybridized carbons (Fsp3) is 0.727. The SMILES string of the molecule is CC(C)Cc1nnc(NC(=O)CC(C)CN)s1. The van der Waals surface area contributed by atoms with Gasteiger partial charge in [0.2, 0.25) is 11.0 Å². The Labute approximate surface area is 106 Å². The number of anilines is 1. The Bertz CT molecular complexity index is 364. The largest absolute Gasteiger partial charge is 0.330 e. The second-order valence-electron chi connectivity index (χ2n) is 4.69. The van der Waals surface area contributed by atoms with Crippen LogP contribution in [-0.2, 0) is 11.2 Å². The molecule has 6 heteroatoms. The highest BCUT2D eigenvalue weighted by Crippen LogP contribution is 2.18. The number of amides is 1. The maximum atomic E-state index is 11.6. The highest BCUT2D eigenvalue weighted by atomic mass is 32.1. The van der Waals surface area contributed by atoms with Crippen molar-refractivity contribution in [1.82, 2.24) is 10.2 Å². The molecule has 1 amide bonds. The second-order valence-corrected chi connectivity index (χ2v) is 5.75. The van der Waals surface area contributed by atoms with E-state index in [1.54, 1.807) is 0 Å². The van der Waals surface area contributed by atoms with Gasteiger partial charge in [0.15, 0.2) is 0 Å². The van der Waals surface area contributed by atoms with Crippen molar-refractivity contribution in [1.29, 1.82) is 0 Å². The van der Waals surface area contributed by atoms with Crippen molar-refractivity contribution in [3.63, 3.8) is 0 Å². The number of nitrogens with one attached hydrogen (secondary N) is 1. The highest BCUT2D eigenvalue weighted by Gasteiger charge is 2.11. The first-order valence-electron chi connectivity index (χ1n) is 5.83. The molecular weight excluding hydrogens is 236 g/mol. The number of nitrogens with zero attached hydrogens (tertiary/aromatic N) is 2. The summed E-state index contributed by atoms with van der Waals surface area (Å²) in [6.45, 7) is 6.72. The van der Waals surface area contributed by atoms with Crippen molar-refractivity contribution in [2.45, 2.75) is 33.6 Å². The van der Waals surface area contributed by atoms with Crippen LogP contribution < -0.4 is 11.1 Å². The van der Waals surface area contributed by atoms with E-state index in [9.17, 15) is 4.79 Å². The van der Waals surface area contributed by atoms with E-state index in [2.05, 4.69) is 29.4 Å². The van der Waals surface area contributed by atoms with E-state index in [1.165, 1.54) is 11.3 Å². The Morgan fingerprint density at radius 1 is 1.41 bits per heavy atom. The van der Waals surface area contributed by atoms with E-state index in [0.717, 1.165) is 11.4 Å². The van der Waals surface area contributed by atoms with Crippen LogP contribution in [0.2, 0.25) is 0 Å². The molecule has 0 bridgehead atoms.